The largest absolute Gasteiger partial charge is 0.465 e. The maximum absolute atomic E-state index is 11.0. The summed E-state index contributed by atoms with van der Waals surface area (Å²) in [6, 6.07) is 9.57. The Labute approximate surface area is 131 Å². The maximum Gasteiger partial charge on any atom is 0.405 e. The minimum atomic E-state index is -1.05. The van der Waals surface area contributed by atoms with Crippen LogP contribution in [0.15, 0.2) is 48.9 Å². The standard InChI is InChI=1S/C16H14N4O3/c21-15(22)19-16(9-23-10-16)13-3-1-11(2-4-13)12-7-17-14-5-6-18-20(14)8-12/h1-8,19H,9-10H2,(H,21,22). The minimum absolute atomic E-state index is 0.347. The number of rotatable bonds is 3. The van der Waals surface area contributed by atoms with Gasteiger partial charge in [-0.25, -0.2) is 14.3 Å². The molecule has 4 rings (SSSR count). The third kappa shape index (κ3) is 2.31. The third-order valence-corrected chi connectivity index (χ3v) is 4.06. The van der Waals surface area contributed by atoms with Crippen LogP contribution in [-0.4, -0.2) is 39.0 Å². The fourth-order valence-electron chi connectivity index (χ4n) is 2.76. The first-order chi connectivity index (χ1) is 11.2. The van der Waals surface area contributed by atoms with E-state index in [4.69, 9.17) is 9.84 Å². The minimum Gasteiger partial charge on any atom is -0.465 e. The van der Waals surface area contributed by atoms with Crippen LogP contribution >= 0.6 is 0 Å². The zero-order valence-corrected chi connectivity index (χ0v) is 12.1. The fourth-order valence-corrected chi connectivity index (χ4v) is 2.76. The molecule has 0 saturated carbocycles. The number of nitrogens with zero attached hydrogens (tertiary/aromatic N) is 3. The smallest absolute Gasteiger partial charge is 0.405 e. The second kappa shape index (κ2) is 5.06. The lowest BCUT2D eigenvalue weighted by atomic mass is 9.87. The summed E-state index contributed by atoms with van der Waals surface area (Å²) >= 11 is 0. The molecule has 1 fully saturated rings. The number of nitrogens with one attached hydrogen (secondary N) is 1. The molecule has 0 unspecified atom stereocenters. The van der Waals surface area contributed by atoms with Gasteiger partial charge in [-0.2, -0.15) is 5.10 Å². The van der Waals surface area contributed by atoms with E-state index in [1.165, 1.54) is 0 Å². The van der Waals surface area contributed by atoms with Gasteiger partial charge in [-0.15, -0.1) is 0 Å². The van der Waals surface area contributed by atoms with E-state index in [-0.39, 0.29) is 0 Å². The summed E-state index contributed by atoms with van der Waals surface area (Å²) < 4.78 is 6.92. The molecular formula is C16H14N4O3. The number of fused-ring (bicyclic) bond motifs is 1. The predicted molar refractivity (Wildman–Crippen MR) is 82.1 cm³/mol. The maximum atomic E-state index is 11.0. The van der Waals surface area contributed by atoms with E-state index >= 15 is 0 Å². The molecule has 1 aliphatic heterocycles. The van der Waals surface area contributed by atoms with Gasteiger partial charge in [0.15, 0.2) is 5.65 Å². The SMILES string of the molecule is O=C(O)NC1(c2ccc(-c3cnc4ccnn4c3)cc2)COC1. The van der Waals surface area contributed by atoms with E-state index in [1.807, 2.05) is 36.5 Å². The number of carbonyl (C=O) groups is 1. The van der Waals surface area contributed by atoms with Crippen molar-refractivity contribution < 1.29 is 14.6 Å². The molecule has 1 aromatic carbocycles. The lowest BCUT2D eigenvalue weighted by molar-refractivity contribution is -0.0743. The second-order valence-corrected chi connectivity index (χ2v) is 5.56. The Hall–Kier alpha value is -2.93. The molecule has 2 N–H and O–H groups in total. The number of carboxylic acid groups (broad SMARTS) is 1. The quantitative estimate of drug-likeness (QED) is 0.771. The van der Waals surface area contributed by atoms with Gasteiger partial charge in [0.1, 0.15) is 5.54 Å². The lowest BCUT2D eigenvalue weighted by Gasteiger charge is -2.41. The molecule has 0 bridgehead atoms. The molecule has 23 heavy (non-hydrogen) atoms. The van der Waals surface area contributed by atoms with E-state index in [0.717, 1.165) is 22.3 Å². The summed E-state index contributed by atoms with van der Waals surface area (Å²) in [7, 11) is 0. The molecule has 7 nitrogen and oxygen atoms in total. The van der Waals surface area contributed by atoms with Crippen LogP contribution in [0.5, 0.6) is 0 Å². The van der Waals surface area contributed by atoms with Crippen LogP contribution in [0.25, 0.3) is 16.8 Å². The molecule has 2 aromatic heterocycles. The molecular weight excluding hydrogens is 296 g/mol. The molecule has 0 radical (unpaired) electrons. The predicted octanol–water partition coefficient (Wildman–Crippen LogP) is 1.89. The van der Waals surface area contributed by atoms with Gasteiger partial charge in [-0.3, -0.25) is 0 Å². The van der Waals surface area contributed by atoms with Gasteiger partial charge in [0.25, 0.3) is 0 Å². The zero-order valence-electron chi connectivity index (χ0n) is 12.1. The van der Waals surface area contributed by atoms with Crippen molar-refractivity contribution in [1.82, 2.24) is 19.9 Å². The van der Waals surface area contributed by atoms with E-state index in [9.17, 15) is 4.79 Å². The number of benzene rings is 1. The van der Waals surface area contributed by atoms with Crippen molar-refractivity contribution in [3.63, 3.8) is 0 Å². The first kappa shape index (κ1) is 13.7. The summed E-state index contributed by atoms with van der Waals surface area (Å²) in [5.74, 6) is 0. The van der Waals surface area contributed by atoms with Crippen LogP contribution in [0.3, 0.4) is 0 Å². The normalized spacial score (nSPS) is 16.0. The summed E-state index contributed by atoms with van der Waals surface area (Å²) in [5.41, 5.74) is 2.97. The van der Waals surface area contributed by atoms with Crippen molar-refractivity contribution in [2.45, 2.75) is 5.54 Å². The molecule has 0 atom stereocenters. The van der Waals surface area contributed by atoms with Gasteiger partial charge in [-0.1, -0.05) is 24.3 Å². The molecule has 0 aliphatic carbocycles. The van der Waals surface area contributed by atoms with Crippen molar-refractivity contribution in [2.24, 2.45) is 0 Å². The zero-order chi connectivity index (χ0) is 15.9. The average Bonchev–Trinajstić information content (AvgIpc) is 2.98. The first-order valence-electron chi connectivity index (χ1n) is 7.15. The van der Waals surface area contributed by atoms with Gasteiger partial charge in [0, 0.05) is 24.0 Å². The Morgan fingerprint density at radius 1 is 1.22 bits per heavy atom. The van der Waals surface area contributed by atoms with Crippen LogP contribution in [0.1, 0.15) is 5.56 Å². The van der Waals surface area contributed by atoms with Crippen LogP contribution in [0.2, 0.25) is 0 Å². The third-order valence-electron chi connectivity index (χ3n) is 4.06. The summed E-state index contributed by atoms with van der Waals surface area (Å²) in [6.07, 6.45) is 4.36. The van der Waals surface area contributed by atoms with Crippen molar-refractivity contribution in [3.8, 4) is 11.1 Å². The molecule has 1 amide bonds. The van der Waals surface area contributed by atoms with Crippen molar-refractivity contribution in [2.75, 3.05) is 13.2 Å². The van der Waals surface area contributed by atoms with Crippen LogP contribution < -0.4 is 5.32 Å². The topological polar surface area (TPSA) is 88.8 Å². The lowest BCUT2D eigenvalue weighted by Crippen LogP contribution is -2.59. The van der Waals surface area contributed by atoms with E-state index < -0.39 is 11.6 Å². The Morgan fingerprint density at radius 3 is 2.65 bits per heavy atom. The van der Waals surface area contributed by atoms with Crippen molar-refractivity contribution in [3.05, 3.63) is 54.5 Å². The molecule has 116 valence electrons. The van der Waals surface area contributed by atoms with Gasteiger partial charge >= 0.3 is 6.09 Å². The van der Waals surface area contributed by atoms with E-state index in [2.05, 4.69) is 15.4 Å². The van der Waals surface area contributed by atoms with Crippen LogP contribution in [0.4, 0.5) is 4.79 Å². The summed E-state index contributed by atoms with van der Waals surface area (Å²) in [5, 5.41) is 15.7. The van der Waals surface area contributed by atoms with Crippen LogP contribution in [-0.2, 0) is 10.3 Å². The highest BCUT2D eigenvalue weighted by atomic mass is 16.5. The van der Waals surface area contributed by atoms with Gasteiger partial charge in [0.05, 0.1) is 19.4 Å². The summed E-state index contributed by atoms with van der Waals surface area (Å²) in [4.78, 5) is 15.3. The Balaban J connectivity index is 1.66. The number of amides is 1. The molecule has 0 spiro atoms. The highest BCUT2D eigenvalue weighted by Gasteiger charge is 2.41. The molecule has 1 aliphatic rings. The number of hydrogen-bond acceptors (Lipinski definition) is 4. The monoisotopic (exact) mass is 310 g/mol. The van der Waals surface area contributed by atoms with Gasteiger partial charge in [-0.05, 0) is 11.1 Å². The molecule has 1 saturated heterocycles. The second-order valence-electron chi connectivity index (χ2n) is 5.56. The fraction of sp³-hybridized carbons (Fsp3) is 0.188. The Morgan fingerprint density at radius 2 is 2.00 bits per heavy atom. The average molecular weight is 310 g/mol. The van der Waals surface area contributed by atoms with Crippen molar-refractivity contribution >= 4 is 11.7 Å². The molecule has 3 heterocycles. The molecule has 3 aromatic rings. The highest BCUT2D eigenvalue weighted by molar-refractivity contribution is 5.67. The number of hydrogen-bond donors (Lipinski definition) is 2. The summed E-state index contributed by atoms with van der Waals surface area (Å²) in [6.45, 7) is 0.693. The van der Waals surface area contributed by atoms with Gasteiger partial charge < -0.3 is 15.2 Å². The number of ether oxygens (including phenoxy) is 1. The Kier molecular flexibility index (Phi) is 3.02. The van der Waals surface area contributed by atoms with E-state index in [0.29, 0.717) is 13.2 Å². The first-order valence-corrected chi connectivity index (χ1v) is 7.15. The van der Waals surface area contributed by atoms with E-state index in [1.54, 1.807) is 16.9 Å². The van der Waals surface area contributed by atoms with Crippen molar-refractivity contribution in [1.29, 1.82) is 0 Å². The van der Waals surface area contributed by atoms with Gasteiger partial charge in [0.2, 0.25) is 0 Å². The van der Waals surface area contributed by atoms with Crippen LogP contribution in [0, 0.1) is 0 Å². The number of aromatic nitrogens is 3. The molecule has 7 heteroatoms. The Bertz CT molecular complexity index is 868. The highest BCUT2D eigenvalue weighted by Crippen LogP contribution is 2.31.